The Bertz CT molecular complexity index is 1100. The number of para-hydroxylation sites is 1. The van der Waals surface area contributed by atoms with Gasteiger partial charge in [-0.25, -0.2) is 9.18 Å². The molecule has 9 heteroatoms. The lowest BCUT2D eigenvalue weighted by Crippen LogP contribution is -2.41. The van der Waals surface area contributed by atoms with E-state index in [0.717, 1.165) is 18.9 Å². The molecule has 0 saturated carbocycles. The Hall–Kier alpha value is -3.75. The minimum Gasteiger partial charge on any atom is -0.484 e. The van der Waals surface area contributed by atoms with Crippen molar-refractivity contribution in [2.75, 3.05) is 20.3 Å². The van der Waals surface area contributed by atoms with Crippen LogP contribution in [0.1, 0.15) is 41.6 Å². The Morgan fingerprint density at radius 3 is 2.75 bits per heavy atom. The molecule has 0 unspecified atom stereocenters. The molecule has 0 bridgehead atoms. The Morgan fingerprint density at radius 2 is 2.00 bits per heavy atom. The Labute approximate surface area is 183 Å². The fourth-order valence-corrected chi connectivity index (χ4v) is 3.65. The van der Waals surface area contributed by atoms with Crippen LogP contribution < -0.4 is 4.74 Å². The number of nitrogens with zero attached hydrogens (tertiary/aromatic N) is 3. The number of rotatable bonds is 6. The van der Waals surface area contributed by atoms with Crippen LogP contribution in [-0.4, -0.2) is 47.2 Å². The van der Waals surface area contributed by atoms with Crippen LogP contribution in [0, 0.1) is 5.82 Å². The van der Waals surface area contributed by atoms with Crippen molar-refractivity contribution in [2.24, 2.45) is 0 Å². The van der Waals surface area contributed by atoms with Crippen molar-refractivity contribution < 1.29 is 28.0 Å². The summed E-state index contributed by atoms with van der Waals surface area (Å²) in [5.74, 6) is -0.608. The fourth-order valence-electron chi connectivity index (χ4n) is 3.65. The van der Waals surface area contributed by atoms with Gasteiger partial charge in [-0.15, -0.1) is 0 Å². The minimum absolute atomic E-state index is 0.0955. The van der Waals surface area contributed by atoms with Crippen molar-refractivity contribution in [3.05, 3.63) is 65.8 Å². The third-order valence-corrected chi connectivity index (χ3v) is 5.29. The van der Waals surface area contributed by atoms with E-state index in [1.807, 2.05) is 18.2 Å². The van der Waals surface area contributed by atoms with Crippen molar-refractivity contribution in [3.63, 3.8) is 0 Å². The summed E-state index contributed by atoms with van der Waals surface area (Å²) in [6.07, 6.45) is 2.46. The average molecular weight is 439 g/mol. The van der Waals surface area contributed by atoms with E-state index in [0.29, 0.717) is 24.3 Å². The van der Waals surface area contributed by atoms with E-state index in [4.69, 9.17) is 9.26 Å². The van der Waals surface area contributed by atoms with Gasteiger partial charge in [0.2, 0.25) is 11.7 Å². The number of ether oxygens (including phenoxy) is 2. The highest BCUT2D eigenvalue weighted by Gasteiger charge is 2.32. The molecule has 166 valence electrons. The maximum Gasteiger partial charge on any atom is 0.340 e. The highest BCUT2D eigenvalue weighted by Crippen LogP contribution is 2.31. The zero-order valence-corrected chi connectivity index (χ0v) is 17.5. The molecule has 0 spiro atoms. The summed E-state index contributed by atoms with van der Waals surface area (Å²) in [5, 5.41) is 3.95. The zero-order chi connectivity index (χ0) is 22.5. The first-order chi connectivity index (χ1) is 15.6. The second-order valence-corrected chi connectivity index (χ2v) is 7.34. The molecule has 1 aromatic heterocycles. The van der Waals surface area contributed by atoms with Crippen LogP contribution in [0.4, 0.5) is 4.39 Å². The Balaban J connectivity index is 1.49. The van der Waals surface area contributed by atoms with E-state index >= 15 is 0 Å². The summed E-state index contributed by atoms with van der Waals surface area (Å²) in [5.41, 5.74) is 0.175. The first-order valence-corrected chi connectivity index (χ1v) is 10.3. The molecule has 1 aliphatic heterocycles. The number of methoxy groups -OCH3 is 1. The van der Waals surface area contributed by atoms with Crippen molar-refractivity contribution >= 4 is 11.9 Å². The van der Waals surface area contributed by atoms with Gasteiger partial charge in [0.15, 0.2) is 6.61 Å². The SMILES string of the molecule is COC(=O)c1ccc(-c2noc([C@H]3CCCCN3C(=O)COc3ccccc3)n2)cc1F. The van der Waals surface area contributed by atoms with Crippen LogP contribution in [-0.2, 0) is 9.53 Å². The molecule has 1 atom stereocenters. The number of piperidine rings is 1. The van der Waals surface area contributed by atoms with E-state index in [9.17, 15) is 14.0 Å². The lowest BCUT2D eigenvalue weighted by molar-refractivity contribution is -0.138. The van der Waals surface area contributed by atoms with Gasteiger partial charge in [0, 0.05) is 12.1 Å². The topological polar surface area (TPSA) is 94.8 Å². The maximum absolute atomic E-state index is 14.3. The minimum atomic E-state index is -0.767. The molecule has 3 aromatic rings. The molecule has 2 heterocycles. The number of hydrogen-bond acceptors (Lipinski definition) is 7. The van der Waals surface area contributed by atoms with Crippen molar-refractivity contribution in [1.29, 1.82) is 0 Å². The molecule has 4 rings (SSSR count). The molecule has 8 nitrogen and oxygen atoms in total. The Kier molecular flexibility index (Phi) is 6.44. The second kappa shape index (κ2) is 9.59. The number of benzene rings is 2. The smallest absolute Gasteiger partial charge is 0.340 e. The van der Waals surface area contributed by atoms with Gasteiger partial charge in [0.25, 0.3) is 5.91 Å². The molecule has 2 aromatic carbocycles. The van der Waals surface area contributed by atoms with Crippen LogP contribution >= 0.6 is 0 Å². The first-order valence-electron chi connectivity index (χ1n) is 10.3. The molecule has 1 amide bonds. The van der Waals surface area contributed by atoms with Crippen LogP contribution in [0.2, 0.25) is 0 Å². The van der Waals surface area contributed by atoms with E-state index in [2.05, 4.69) is 14.9 Å². The highest BCUT2D eigenvalue weighted by atomic mass is 19.1. The number of amides is 1. The first kappa shape index (κ1) is 21.5. The Morgan fingerprint density at radius 1 is 1.19 bits per heavy atom. The standard InChI is InChI=1S/C23H22FN3O5/c1-30-23(29)17-11-10-15(13-18(17)24)21-25-22(32-26-21)19-9-5-6-12-27(19)20(28)14-31-16-7-3-2-4-8-16/h2-4,7-8,10-11,13,19H,5-6,9,12,14H2,1H3/t19-/m1/s1. The van der Waals surface area contributed by atoms with Gasteiger partial charge in [0.05, 0.1) is 12.7 Å². The van der Waals surface area contributed by atoms with Gasteiger partial charge in [-0.2, -0.15) is 4.98 Å². The number of aromatic nitrogens is 2. The van der Waals surface area contributed by atoms with Gasteiger partial charge < -0.3 is 18.9 Å². The molecule has 0 radical (unpaired) electrons. The van der Waals surface area contributed by atoms with Crippen LogP contribution in [0.15, 0.2) is 53.1 Å². The third-order valence-electron chi connectivity index (χ3n) is 5.29. The zero-order valence-electron chi connectivity index (χ0n) is 17.5. The van der Waals surface area contributed by atoms with Crippen molar-refractivity contribution in [1.82, 2.24) is 15.0 Å². The number of esters is 1. The van der Waals surface area contributed by atoms with E-state index < -0.39 is 11.8 Å². The average Bonchev–Trinajstić information content (AvgIpc) is 3.33. The molecule has 0 N–H and O–H groups in total. The van der Waals surface area contributed by atoms with Gasteiger partial charge >= 0.3 is 5.97 Å². The van der Waals surface area contributed by atoms with Gasteiger partial charge in [-0.1, -0.05) is 23.4 Å². The van der Waals surface area contributed by atoms with Gasteiger partial charge in [0.1, 0.15) is 17.6 Å². The monoisotopic (exact) mass is 439 g/mol. The predicted molar refractivity (Wildman–Crippen MR) is 111 cm³/mol. The van der Waals surface area contributed by atoms with Crippen molar-refractivity contribution in [3.8, 4) is 17.1 Å². The lowest BCUT2D eigenvalue weighted by atomic mass is 10.0. The predicted octanol–water partition coefficient (Wildman–Crippen LogP) is 3.79. The van der Waals surface area contributed by atoms with E-state index in [1.54, 1.807) is 17.0 Å². The van der Waals surface area contributed by atoms with E-state index in [1.165, 1.54) is 19.2 Å². The molecular weight excluding hydrogens is 417 g/mol. The summed E-state index contributed by atoms with van der Waals surface area (Å²) >= 11 is 0. The number of likely N-dealkylation sites (tertiary alicyclic amines) is 1. The summed E-state index contributed by atoms with van der Waals surface area (Å²) in [4.78, 5) is 30.5. The normalized spacial score (nSPS) is 15.9. The van der Waals surface area contributed by atoms with Gasteiger partial charge in [-0.3, -0.25) is 4.79 Å². The number of hydrogen-bond donors (Lipinski definition) is 0. The number of halogens is 1. The van der Waals surface area contributed by atoms with E-state index in [-0.39, 0.29) is 35.8 Å². The molecule has 1 aliphatic rings. The third kappa shape index (κ3) is 4.61. The van der Waals surface area contributed by atoms with Crippen LogP contribution in [0.25, 0.3) is 11.4 Å². The van der Waals surface area contributed by atoms with Crippen LogP contribution in [0.5, 0.6) is 5.75 Å². The highest BCUT2D eigenvalue weighted by molar-refractivity contribution is 5.90. The van der Waals surface area contributed by atoms with Crippen LogP contribution in [0.3, 0.4) is 0 Å². The number of carbonyl (C=O) groups is 2. The largest absolute Gasteiger partial charge is 0.484 e. The fraction of sp³-hybridized carbons (Fsp3) is 0.304. The molecule has 1 fully saturated rings. The summed E-state index contributed by atoms with van der Waals surface area (Å²) in [7, 11) is 1.18. The molecule has 32 heavy (non-hydrogen) atoms. The summed E-state index contributed by atoms with van der Waals surface area (Å²) in [6, 6.07) is 12.7. The molecule has 0 aliphatic carbocycles. The van der Waals surface area contributed by atoms with Crippen molar-refractivity contribution in [2.45, 2.75) is 25.3 Å². The second-order valence-electron chi connectivity index (χ2n) is 7.34. The summed E-state index contributed by atoms with van der Waals surface area (Å²) in [6.45, 7) is 0.462. The lowest BCUT2D eigenvalue weighted by Gasteiger charge is -2.33. The quantitative estimate of drug-likeness (QED) is 0.539. The molecule has 1 saturated heterocycles. The summed E-state index contributed by atoms with van der Waals surface area (Å²) < 4.78 is 29.9. The maximum atomic E-state index is 14.3. The molecular formula is C23H22FN3O5. The number of carbonyl (C=O) groups excluding carboxylic acids is 2. The van der Waals surface area contributed by atoms with Gasteiger partial charge in [-0.05, 0) is 49.6 Å².